The van der Waals surface area contributed by atoms with Crippen molar-refractivity contribution in [3.05, 3.63) is 22.4 Å². The van der Waals surface area contributed by atoms with Gasteiger partial charge in [-0.15, -0.1) is 0 Å². The zero-order chi connectivity index (χ0) is 13.3. The van der Waals surface area contributed by atoms with Gasteiger partial charge in [-0.25, -0.2) is 4.39 Å². The van der Waals surface area contributed by atoms with Gasteiger partial charge in [0, 0.05) is 19.0 Å². The monoisotopic (exact) mass is 316 g/mol. The summed E-state index contributed by atoms with van der Waals surface area (Å²) in [5, 5.41) is 0. The van der Waals surface area contributed by atoms with Gasteiger partial charge in [-0.3, -0.25) is 4.79 Å². The fourth-order valence-corrected chi connectivity index (χ4v) is 2.39. The van der Waals surface area contributed by atoms with E-state index in [1.54, 1.807) is 0 Å². The number of hydrogen-bond acceptors (Lipinski definition) is 3. The number of amides is 1. The number of ether oxygens (including phenoxy) is 1. The molecule has 1 unspecified atom stereocenters. The summed E-state index contributed by atoms with van der Waals surface area (Å²) < 4.78 is 19.1. The van der Waals surface area contributed by atoms with Crippen LogP contribution < -0.4 is 15.4 Å². The summed E-state index contributed by atoms with van der Waals surface area (Å²) in [6.45, 7) is 0.955. The van der Waals surface area contributed by atoms with Gasteiger partial charge >= 0.3 is 0 Å². The van der Waals surface area contributed by atoms with E-state index in [1.165, 1.54) is 24.1 Å². The van der Waals surface area contributed by atoms with Crippen LogP contribution in [0, 0.1) is 11.7 Å². The van der Waals surface area contributed by atoms with Gasteiger partial charge in [0.25, 0.3) is 0 Å². The molecule has 1 heterocycles. The molecule has 1 saturated heterocycles. The highest BCUT2D eigenvalue weighted by atomic mass is 79.9. The van der Waals surface area contributed by atoms with Crippen molar-refractivity contribution in [2.45, 2.75) is 6.42 Å². The van der Waals surface area contributed by atoms with Crippen LogP contribution in [0.5, 0.6) is 5.75 Å². The molecule has 1 amide bonds. The van der Waals surface area contributed by atoms with Crippen LogP contribution in [0.25, 0.3) is 0 Å². The van der Waals surface area contributed by atoms with Crippen LogP contribution >= 0.6 is 15.9 Å². The van der Waals surface area contributed by atoms with Gasteiger partial charge in [-0.1, -0.05) is 0 Å². The molecule has 0 aromatic heterocycles. The van der Waals surface area contributed by atoms with Gasteiger partial charge in [0.1, 0.15) is 11.6 Å². The smallest absolute Gasteiger partial charge is 0.227 e. The van der Waals surface area contributed by atoms with Crippen molar-refractivity contribution in [3.8, 4) is 5.75 Å². The number of methoxy groups -OCH3 is 1. The number of nitrogens with two attached hydrogens (primary N) is 1. The summed E-state index contributed by atoms with van der Waals surface area (Å²) in [5.74, 6) is 0.114. The first-order chi connectivity index (χ1) is 8.56. The van der Waals surface area contributed by atoms with E-state index in [2.05, 4.69) is 15.9 Å². The Bertz CT molecular complexity index is 481. The van der Waals surface area contributed by atoms with Gasteiger partial charge in [0.15, 0.2) is 0 Å². The summed E-state index contributed by atoms with van der Waals surface area (Å²) in [6.07, 6.45) is 0.400. The number of hydrogen-bond donors (Lipinski definition) is 1. The second-order valence-electron chi connectivity index (χ2n) is 4.25. The van der Waals surface area contributed by atoms with E-state index in [4.69, 9.17) is 10.5 Å². The van der Waals surface area contributed by atoms with Crippen molar-refractivity contribution in [1.29, 1.82) is 0 Å². The van der Waals surface area contributed by atoms with Gasteiger partial charge in [-0.2, -0.15) is 0 Å². The third-order valence-electron chi connectivity index (χ3n) is 3.05. The maximum absolute atomic E-state index is 13.6. The molecule has 98 valence electrons. The van der Waals surface area contributed by atoms with E-state index >= 15 is 0 Å². The van der Waals surface area contributed by atoms with Crippen molar-refractivity contribution >= 4 is 27.5 Å². The van der Waals surface area contributed by atoms with Gasteiger partial charge in [-0.05, 0) is 34.5 Å². The van der Waals surface area contributed by atoms with Crippen molar-refractivity contribution in [3.63, 3.8) is 0 Å². The molecule has 6 heteroatoms. The number of benzene rings is 1. The SMILES string of the molecule is COc1cc(Br)c(F)cc1N1CC(CN)CC1=O. The lowest BCUT2D eigenvalue weighted by Crippen LogP contribution is -2.26. The lowest BCUT2D eigenvalue weighted by molar-refractivity contribution is -0.117. The maximum Gasteiger partial charge on any atom is 0.227 e. The van der Waals surface area contributed by atoms with E-state index in [9.17, 15) is 9.18 Å². The largest absolute Gasteiger partial charge is 0.495 e. The molecule has 1 fully saturated rings. The third kappa shape index (κ3) is 2.35. The summed E-state index contributed by atoms with van der Waals surface area (Å²) >= 11 is 3.09. The number of halogens is 2. The molecule has 2 N–H and O–H groups in total. The lowest BCUT2D eigenvalue weighted by Gasteiger charge is -2.20. The molecule has 4 nitrogen and oxygen atoms in total. The zero-order valence-electron chi connectivity index (χ0n) is 9.95. The normalized spacial score (nSPS) is 19.4. The van der Waals surface area contributed by atoms with Crippen LogP contribution in [0.2, 0.25) is 0 Å². The van der Waals surface area contributed by atoms with Crippen LogP contribution in [-0.4, -0.2) is 26.1 Å². The molecule has 0 radical (unpaired) electrons. The van der Waals surface area contributed by atoms with Crippen LogP contribution in [0.1, 0.15) is 6.42 Å². The molecular formula is C12H14BrFN2O2. The minimum absolute atomic E-state index is 0.0505. The van der Waals surface area contributed by atoms with Crippen molar-refractivity contribution < 1.29 is 13.9 Å². The number of nitrogens with zero attached hydrogens (tertiary/aromatic N) is 1. The summed E-state index contributed by atoms with van der Waals surface area (Å²) in [6, 6.07) is 2.83. The second kappa shape index (κ2) is 5.24. The minimum Gasteiger partial charge on any atom is -0.495 e. The Hall–Kier alpha value is -1.14. The molecule has 0 aliphatic carbocycles. The van der Waals surface area contributed by atoms with Gasteiger partial charge in [0.2, 0.25) is 5.91 Å². The molecule has 1 aromatic rings. The van der Waals surface area contributed by atoms with Crippen molar-refractivity contribution in [2.24, 2.45) is 11.7 Å². The standard InChI is InChI=1S/C12H14BrFN2O2/c1-18-11-3-8(13)9(14)4-10(11)16-6-7(5-15)2-12(16)17/h3-4,7H,2,5-6,15H2,1H3. The lowest BCUT2D eigenvalue weighted by atomic mass is 10.1. The van der Waals surface area contributed by atoms with E-state index in [0.29, 0.717) is 35.4 Å². The molecule has 1 atom stereocenters. The van der Waals surface area contributed by atoms with Crippen LogP contribution in [-0.2, 0) is 4.79 Å². The van der Waals surface area contributed by atoms with Gasteiger partial charge < -0.3 is 15.4 Å². The van der Waals surface area contributed by atoms with E-state index in [0.717, 1.165) is 0 Å². The minimum atomic E-state index is -0.421. The van der Waals surface area contributed by atoms with E-state index < -0.39 is 5.82 Å². The Kier molecular flexibility index (Phi) is 3.87. The van der Waals surface area contributed by atoms with Crippen LogP contribution in [0.4, 0.5) is 10.1 Å². The highest BCUT2D eigenvalue weighted by molar-refractivity contribution is 9.10. The number of anilines is 1. The number of rotatable bonds is 3. The quantitative estimate of drug-likeness (QED) is 0.926. The average molecular weight is 317 g/mol. The van der Waals surface area contributed by atoms with Crippen LogP contribution in [0.3, 0.4) is 0 Å². The first kappa shape index (κ1) is 13.3. The molecule has 1 aromatic carbocycles. The Morgan fingerprint density at radius 1 is 1.61 bits per heavy atom. The highest BCUT2D eigenvalue weighted by Crippen LogP contribution is 2.36. The third-order valence-corrected chi connectivity index (χ3v) is 3.66. The molecule has 18 heavy (non-hydrogen) atoms. The molecule has 0 saturated carbocycles. The molecule has 1 aliphatic rings. The fourth-order valence-electron chi connectivity index (χ4n) is 2.06. The topological polar surface area (TPSA) is 55.6 Å². The highest BCUT2D eigenvalue weighted by Gasteiger charge is 2.31. The molecule has 0 spiro atoms. The Labute approximate surface area is 113 Å². The summed E-state index contributed by atoms with van der Waals surface area (Å²) in [5.41, 5.74) is 6.03. The van der Waals surface area contributed by atoms with Gasteiger partial charge in [0.05, 0.1) is 17.3 Å². The van der Waals surface area contributed by atoms with Crippen molar-refractivity contribution in [2.75, 3.05) is 25.1 Å². The molecular weight excluding hydrogens is 303 g/mol. The van der Waals surface area contributed by atoms with Crippen molar-refractivity contribution in [1.82, 2.24) is 0 Å². The predicted molar refractivity (Wildman–Crippen MR) is 70.2 cm³/mol. The zero-order valence-corrected chi connectivity index (χ0v) is 11.5. The Balaban J connectivity index is 2.38. The molecule has 1 aliphatic heterocycles. The summed E-state index contributed by atoms with van der Waals surface area (Å²) in [4.78, 5) is 13.4. The fraction of sp³-hybridized carbons (Fsp3) is 0.417. The number of carbonyl (C=O) groups is 1. The maximum atomic E-state index is 13.6. The predicted octanol–water partition coefficient (Wildman–Crippen LogP) is 1.91. The van der Waals surface area contributed by atoms with Crippen LogP contribution in [0.15, 0.2) is 16.6 Å². The first-order valence-corrected chi connectivity index (χ1v) is 6.39. The average Bonchev–Trinajstić information content (AvgIpc) is 2.73. The Morgan fingerprint density at radius 2 is 2.33 bits per heavy atom. The number of carbonyl (C=O) groups excluding carboxylic acids is 1. The molecule has 0 bridgehead atoms. The Morgan fingerprint density at radius 3 is 2.89 bits per heavy atom. The van der Waals surface area contributed by atoms with E-state index in [-0.39, 0.29) is 11.8 Å². The molecule has 2 rings (SSSR count). The van der Waals surface area contributed by atoms with E-state index in [1.807, 2.05) is 0 Å². The first-order valence-electron chi connectivity index (χ1n) is 5.60. The summed E-state index contributed by atoms with van der Waals surface area (Å²) in [7, 11) is 1.49. The second-order valence-corrected chi connectivity index (χ2v) is 5.10.